The number of benzene rings is 1. The van der Waals surface area contributed by atoms with Crippen molar-refractivity contribution in [3.63, 3.8) is 0 Å². The average molecular weight is 311 g/mol. The molecule has 1 fully saturated rings. The van der Waals surface area contributed by atoms with Gasteiger partial charge in [0.15, 0.2) is 11.5 Å². The van der Waals surface area contributed by atoms with Gasteiger partial charge < -0.3 is 19.7 Å². The lowest BCUT2D eigenvalue weighted by molar-refractivity contribution is 0.171. The van der Waals surface area contributed by atoms with Crippen LogP contribution in [0.15, 0.2) is 12.1 Å². The zero-order chi connectivity index (χ0) is 14.7. The molecule has 0 aliphatic carbocycles. The molecule has 116 valence electrons. The Kier molecular flexibility index (Phi) is 4.88. The molecule has 4 nitrogen and oxygen atoms in total. The molecule has 5 heteroatoms. The van der Waals surface area contributed by atoms with Gasteiger partial charge in [-0.2, -0.15) is 0 Å². The van der Waals surface area contributed by atoms with Gasteiger partial charge in [-0.3, -0.25) is 0 Å². The minimum Gasteiger partial charge on any atom is -0.486 e. The molecule has 1 unspecified atom stereocenters. The minimum atomic E-state index is 0.568. The quantitative estimate of drug-likeness (QED) is 0.927. The molecule has 1 atom stereocenters. The Hall–Kier alpha value is -0.970. The molecule has 2 heterocycles. The summed E-state index contributed by atoms with van der Waals surface area (Å²) in [7, 11) is 2.21. The van der Waals surface area contributed by atoms with E-state index in [-0.39, 0.29) is 0 Å². The molecule has 0 radical (unpaired) electrons. The highest BCUT2D eigenvalue weighted by molar-refractivity contribution is 6.32. The number of ether oxygens (including phenoxy) is 2. The first-order valence-electron chi connectivity index (χ1n) is 7.73. The molecule has 2 aliphatic rings. The van der Waals surface area contributed by atoms with E-state index in [1.54, 1.807) is 0 Å². The summed E-state index contributed by atoms with van der Waals surface area (Å²) in [5, 5.41) is 4.18. The van der Waals surface area contributed by atoms with E-state index in [0.29, 0.717) is 30.0 Å². The molecule has 1 aromatic rings. The maximum atomic E-state index is 6.26. The van der Waals surface area contributed by atoms with Crippen molar-refractivity contribution in [1.82, 2.24) is 10.2 Å². The summed E-state index contributed by atoms with van der Waals surface area (Å²) in [6.07, 6.45) is 3.95. The fourth-order valence-electron chi connectivity index (χ4n) is 3.05. The molecule has 3 rings (SSSR count). The van der Waals surface area contributed by atoms with Crippen LogP contribution in [0.25, 0.3) is 0 Å². The predicted molar refractivity (Wildman–Crippen MR) is 84.4 cm³/mol. The van der Waals surface area contributed by atoms with Crippen LogP contribution in [0.2, 0.25) is 5.02 Å². The van der Waals surface area contributed by atoms with Crippen LogP contribution in [0.3, 0.4) is 0 Å². The lowest BCUT2D eigenvalue weighted by atomic mass is 10.0. The van der Waals surface area contributed by atoms with Crippen LogP contribution in [-0.2, 0) is 6.54 Å². The molecular formula is C16H23ClN2O2. The van der Waals surface area contributed by atoms with Crippen LogP contribution in [-0.4, -0.2) is 44.3 Å². The number of piperidine rings is 1. The zero-order valence-corrected chi connectivity index (χ0v) is 13.3. The maximum Gasteiger partial charge on any atom is 0.179 e. The number of nitrogens with zero attached hydrogens (tertiary/aromatic N) is 1. The van der Waals surface area contributed by atoms with Gasteiger partial charge in [0.2, 0.25) is 0 Å². The number of hydrogen-bond donors (Lipinski definition) is 1. The number of nitrogens with one attached hydrogen (secondary N) is 1. The molecule has 0 bridgehead atoms. The monoisotopic (exact) mass is 310 g/mol. The first kappa shape index (κ1) is 14.9. The number of halogens is 1. The Bertz CT molecular complexity index is 495. The summed E-state index contributed by atoms with van der Waals surface area (Å²) in [5.74, 6) is 1.44. The lowest BCUT2D eigenvalue weighted by Crippen LogP contribution is -2.42. The van der Waals surface area contributed by atoms with Crippen molar-refractivity contribution in [1.29, 1.82) is 0 Å². The highest BCUT2D eigenvalue weighted by Gasteiger charge is 2.19. The van der Waals surface area contributed by atoms with Gasteiger partial charge in [-0.05, 0) is 44.1 Å². The Morgan fingerprint density at radius 1 is 1.29 bits per heavy atom. The second-order valence-corrected chi connectivity index (χ2v) is 6.27. The van der Waals surface area contributed by atoms with Crippen molar-refractivity contribution >= 4 is 11.6 Å². The molecule has 0 aromatic heterocycles. The van der Waals surface area contributed by atoms with Crippen LogP contribution >= 0.6 is 11.6 Å². The van der Waals surface area contributed by atoms with E-state index >= 15 is 0 Å². The van der Waals surface area contributed by atoms with Gasteiger partial charge >= 0.3 is 0 Å². The summed E-state index contributed by atoms with van der Waals surface area (Å²) in [6.45, 7) is 4.19. The van der Waals surface area contributed by atoms with E-state index in [4.69, 9.17) is 21.1 Å². The van der Waals surface area contributed by atoms with E-state index in [2.05, 4.69) is 17.3 Å². The molecule has 21 heavy (non-hydrogen) atoms. The molecule has 0 amide bonds. The van der Waals surface area contributed by atoms with Crippen LogP contribution in [0.1, 0.15) is 24.8 Å². The summed E-state index contributed by atoms with van der Waals surface area (Å²) in [5.41, 5.74) is 1.14. The van der Waals surface area contributed by atoms with Crippen molar-refractivity contribution in [2.45, 2.75) is 31.8 Å². The van der Waals surface area contributed by atoms with E-state index < -0.39 is 0 Å². The Labute approximate surface area is 131 Å². The SMILES string of the molecule is CN1CCCCC1CNCc1cc(Cl)c2c(c1)OCCO2. The third kappa shape index (κ3) is 3.62. The first-order chi connectivity index (χ1) is 10.2. The second-order valence-electron chi connectivity index (χ2n) is 5.86. The summed E-state index contributed by atoms with van der Waals surface area (Å²) in [4.78, 5) is 2.45. The van der Waals surface area contributed by atoms with Crippen LogP contribution in [0, 0.1) is 0 Å². The number of rotatable bonds is 4. The standard InChI is InChI=1S/C16H23ClN2O2/c1-19-5-3-2-4-13(19)11-18-10-12-8-14(17)16-15(9-12)20-6-7-21-16/h8-9,13,18H,2-7,10-11H2,1H3. The third-order valence-electron chi connectivity index (χ3n) is 4.29. The summed E-state index contributed by atoms with van der Waals surface area (Å²) >= 11 is 6.26. The molecule has 1 aromatic carbocycles. The Morgan fingerprint density at radius 3 is 3.00 bits per heavy atom. The number of fused-ring (bicyclic) bond motifs is 1. The van der Waals surface area contributed by atoms with Crippen molar-refractivity contribution in [3.8, 4) is 11.5 Å². The van der Waals surface area contributed by atoms with Gasteiger partial charge in [0, 0.05) is 19.1 Å². The molecule has 0 spiro atoms. The van der Waals surface area contributed by atoms with E-state index in [0.717, 1.165) is 24.4 Å². The topological polar surface area (TPSA) is 33.7 Å². The smallest absolute Gasteiger partial charge is 0.179 e. The van der Waals surface area contributed by atoms with Gasteiger partial charge in [0.1, 0.15) is 13.2 Å². The third-order valence-corrected chi connectivity index (χ3v) is 4.57. The molecule has 1 N–H and O–H groups in total. The zero-order valence-electron chi connectivity index (χ0n) is 12.5. The molecular weight excluding hydrogens is 288 g/mol. The molecule has 1 saturated heterocycles. The van der Waals surface area contributed by atoms with Gasteiger partial charge in [-0.1, -0.05) is 18.0 Å². The average Bonchev–Trinajstić information content (AvgIpc) is 2.49. The summed E-state index contributed by atoms with van der Waals surface area (Å²) < 4.78 is 11.2. The predicted octanol–water partition coefficient (Wildman–Crippen LogP) is 2.69. The Morgan fingerprint density at radius 2 is 2.14 bits per heavy atom. The van der Waals surface area contributed by atoms with Crippen LogP contribution < -0.4 is 14.8 Å². The minimum absolute atomic E-state index is 0.568. The highest BCUT2D eigenvalue weighted by Crippen LogP contribution is 2.38. The lowest BCUT2D eigenvalue weighted by Gasteiger charge is -2.32. The van der Waals surface area contributed by atoms with Crippen molar-refractivity contribution in [3.05, 3.63) is 22.7 Å². The summed E-state index contributed by atoms with van der Waals surface area (Å²) in [6, 6.07) is 4.64. The number of likely N-dealkylation sites (tertiary alicyclic amines) is 1. The van der Waals surface area contributed by atoms with Gasteiger partial charge in [-0.25, -0.2) is 0 Å². The van der Waals surface area contributed by atoms with Crippen molar-refractivity contribution in [2.24, 2.45) is 0 Å². The van der Waals surface area contributed by atoms with E-state index in [1.165, 1.54) is 25.8 Å². The van der Waals surface area contributed by atoms with E-state index in [9.17, 15) is 0 Å². The highest BCUT2D eigenvalue weighted by atomic mass is 35.5. The van der Waals surface area contributed by atoms with Crippen LogP contribution in [0.4, 0.5) is 0 Å². The fraction of sp³-hybridized carbons (Fsp3) is 0.625. The molecule has 2 aliphatic heterocycles. The van der Waals surface area contributed by atoms with Crippen molar-refractivity contribution in [2.75, 3.05) is 33.4 Å². The van der Waals surface area contributed by atoms with Gasteiger partial charge in [-0.15, -0.1) is 0 Å². The first-order valence-corrected chi connectivity index (χ1v) is 8.11. The van der Waals surface area contributed by atoms with Crippen LogP contribution in [0.5, 0.6) is 11.5 Å². The maximum absolute atomic E-state index is 6.26. The van der Waals surface area contributed by atoms with Gasteiger partial charge in [0.05, 0.1) is 5.02 Å². The number of hydrogen-bond acceptors (Lipinski definition) is 4. The molecule has 0 saturated carbocycles. The Balaban J connectivity index is 1.56. The van der Waals surface area contributed by atoms with Crippen molar-refractivity contribution < 1.29 is 9.47 Å². The van der Waals surface area contributed by atoms with E-state index in [1.807, 2.05) is 12.1 Å². The van der Waals surface area contributed by atoms with Gasteiger partial charge in [0.25, 0.3) is 0 Å². The number of likely N-dealkylation sites (N-methyl/N-ethyl adjacent to an activating group) is 1. The fourth-order valence-corrected chi connectivity index (χ4v) is 3.34. The second kappa shape index (κ2) is 6.86. The normalized spacial score (nSPS) is 22.3. The largest absolute Gasteiger partial charge is 0.486 e.